The van der Waals surface area contributed by atoms with Gasteiger partial charge in [0, 0.05) is 12.2 Å². The second-order valence-electron chi connectivity index (χ2n) is 6.81. The van der Waals surface area contributed by atoms with Crippen molar-refractivity contribution in [2.75, 3.05) is 16.4 Å². The monoisotopic (exact) mass is 356 g/mol. The Morgan fingerprint density at radius 3 is 2.28 bits per heavy atom. The SMILES string of the molecule is Cc1ccc(CN2C(=O)N(c3ccccc3)[C@H]3CS(=O)(=O)C[C@H]32)cc1. The summed E-state index contributed by atoms with van der Waals surface area (Å²) in [5.41, 5.74) is 2.92. The van der Waals surface area contributed by atoms with Crippen molar-refractivity contribution in [3.63, 3.8) is 0 Å². The van der Waals surface area contributed by atoms with Crippen LogP contribution in [0.1, 0.15) is 11.1 Å². The molecule has 2 atom stereocenters. The minimum Gasteiger partial charge on any atom is -0.314 e. The molecule has 2 heterocycles. The van der Waals surface area contributed by atoms with Gasteiger partial charge in [-0.25, -0.2) is 13.2 Å². The molecule has 0 bridgehead atoms. The van der Waals surface area contributed by atoms with Crippen molar-refractivity contribution in [3.8, 4) is 0 Å². The number of fused-ring (bicyclic) bond motifs is 1. The summed E-state index contributed by atoms with van der Waals surface area (Å²) in [7, 11) is -3.14. The fraction of sp³-hybridized carbons (Fsp3) is 0.316. The van der Waals surface area contributed by atoms with E-state index in [-0.39, 0.29) is 29.6 Å². The fourth-order valence-corrected chi connectivity index (χ4v) is 5.69. The van der Waals surface area contributed by atoms with Gasteiger partial charge in [-0.1, -0.05) is 48.0 Å². The molecule has 0 spiro atoms. The van der Waals surface area contributed by atoms with Crippen LogP contribution in [0, 0.1) is 6.92 Å². The summed E-state index contributed by atoms with van der Waals surface area (Å²) in [6.45, 7) is 2.45. The number of amides is 2. The number of anilines is 1. The topological polar surface area (TPSA) is 57.7 Å². The van der Waals surface area contributed by atoms with E-state index in [0.29, 0.717) is 6.54 Å². The number of rotatable bonds is 3. The summed E-state index contributed by atoms with van der Waals surface area (Å²) in [4.78, 5) is 16.4. The number of aryl methyl sites for hydroxylation is 1. The molecule has 2 aliphatic heterocycles. The van der Waals surface area contributed by atoms with Crippen molar-refractivity contribution < 1.29 is 13.2 Å². The van der Waals surface area contributed by atoms with Gasteiger partial charge in [-0.2, -0.15) is 0 Å². The van der Waals surface area contributed by atoms with E-state index < -0.39 is 9.84 Å². The first-order chi connectivity index (χ1) is 11.9. The van der Waals surface area contributed by atoms with Crippen LogP contribution >= 0.6 is 0 Å². The third-order valence-corrected chi connectivity index (χ3v) is 6.68. The van der Waals surface area contributed by atoms with Crippen molar-refractivity contribution in [2.24, 2.45) is 0 Å². The molecule has 2 aromatic rings. The Kier molecular flexibility index (Phi) is 3.80. The number of carbonyl (C=O) groups excluding carboxylic acids is 1. The van der Waals surface area contributed by atoms with E-state index in [0.717, 1.165) is 16.8 Å². The molecule has 0 aromatic heterocycles. The standard InChI is InChI=1S/C19H20N2O3S/c1-14-7-9-15(10-8-14)11-20-17-12-25(23,24)13-18(17)21(19(20)22)16-5-3-2-4-6-16/h2-10,17-18H,11-13H2,1H3/t17-,18+/m1/s1. The lowest BCUT2D eigenvalue weighted by atomic mass is 10.1. The van der Waals surface area contributed by atoms with E-state index in [9.17, 15) is 13.2 Å². The van der Waals surface area contributed by atoms with E-state index in [2.05, 4.69) is 0 Å². The van der Waals surface area contributed by atoms with Gasteiger partial charge in [-0.05, 0) is 24.6 Å². The van der Waals surface area contributed by atoms with Gasteiger partial charge in [-0.15, -0.1) is 0 Å². The first kappa shape index (κ1) is 16.1. The molecule has 25 heavy (non-hydrogen) atoms. The molecule has 130 valence electrons. The zero-order chi connectivity index (χ0) is 17.6. The molecule has 2 aliphatic rings. The fourth-order valence-electron chi connectivity index (χ4n) is 3.74. The molecule has 6 heteroatoms. The van der Waals surface area contributed by atoms with Crippen LogP contribution in [0.2, 0.25) is 0 Å². The minimum absolute atomic E-state index is 0.0305. The van der Waals surface area contributed by atoms with E-state index in [1.54, 1.807) is 9.80 Å². The summed E-state index contributed by atoms with van der Waals surface area (Å²) >= 11 is 0. The van der Waals surface area contributed by atoms with Crippen LogP contribution < -0.4 is 4.90 Å². The number of para-hydroxylation sites is 1. The van der Waals surface area contributed by atoms with Crippen LogP contribution in [-0.2, 0) is 16.4 Å². The Bertz CT molecular complexity index is 894. The number of carbonyl (C=O) groups is 1. The average molecular weight is 356 g/mol. The number of hydrogen-bond acceptors (Lipinski definition) is 3. The van der Waals surface area contributed by atoms with Gasteiger partial charge < -0.3 is 4.90 Å². The highest BCUT2D eigenvalue weighted by Gasteiger charge is 2.53. The molecule has 0 N–H and O–H groups in total. The summed E-state index contributed by atoms with van der Waals surface area (Å²) < 4.78 is 24.4. The highest BCUT2D eigenvalue weighted by atomic mass is 32.2. The van der Waals surface area contributed by atoms with Crippen molar-refractivity contribution in [1.29, 1.82) is 0 Å². The zero-order valence-corrected chi connectivity index (χ0v) is 14.8. The van der Waals surface area contributed by atoms with Gasteiger partial charge in [-0.3, -0.25) is 4.90 Å². The summed E-state index contributed by atoms with van der Waals surface area (Å²) in [6.07, 6.45) is 0. The van der Waals surface area contributed by atoms with Gasteiger partial charge in [0.25, 0.3) is 0 Å². The number of urea groups is 1. The lowest BCUT2D eigenvalue weighted by Crippen LogP contribution is -2.37. The molecule has 0 radical (unpaired) electrons. The maximum absolute atomic E-state index is 13.1. The Hall–Kier alpha value is -2.34. The van der Waals surface area contributed by atoms with Gasteiger partial charge in [0.1, 0.15) is 0 Å². The predicted octanol–water partition coefficient (Wildman–Crippen LogP) is 2.60. The Labute approximate surface area is 147 Å². The highest BCUT2D eigenvalue weighted by molar-refractivity contribution is 7.91. The lowest BCUT2D eigenvalue weighted by molar-refractivity contribution is 0.206. The van der Waals surface area contributed by atoms with E-state index in [4.69, 9.17) is 0 Å². The normalized spacial score (nSPS) is 24.6. The smallest absolute Gasteiger partial charge is 0.314 e. The number of nitrogens with zero attached hydrogens (tertiary/aromatic N) is 2. The van der Waals surface area contributed by atoms with Crippen LogP contribution in [0.5, 0.6) is 0 Å². The average Bonchev–Trinajstić information content (AvgIpc) is 3.01. The number of sulfone groups is 1. The van der Waals surface area contributed by atoms with Crippen LogP contribution in [0.15, 0.2) is 54.6 Å². The Balaban J connectivity index is 1.69. The van der Waals surface area contributed by atoms with E-state index in [1.165, 1.54) is 0 Å². The van der Waals surface area contributed by atoms with Crippen molar-refractivity contribution in [3.05, 3.63) is 65.7 Å². The van der Waals surface area contributed by atoms with E-state index >= 15 is 0 Å². The Morgan fingerprint density at radius 2 is 1.60 bits per heavy atom. The first-order valence-corrected chi connectivity index (χ1v) is 10.2. The minimum atomic E-state index is -3.14. The molecule has 2 fully saturated rings. The maximum atomic E-state index is 13.1. The second-order valence-corrected chi connectivity index (χ2v) is 8.97. The van der Waals surface area contributed by atoms with Gasteiger partial charge in [0.05, 0.1) is 23.6 Å². The summed E-state index contributed by atoms with van der Waals surface area (Å²) in [5, 5.41) is 0. The number of hydrogen-bond donors (Lipinski definition) is 0. The molecule has 0 saturated carbocycles. The lowest BCUT2D eigenvalue weighted by Gasteiger charge is -2.22. The van der Waals surface area contributed by atoms with Gasteiger partial charge >= 0.3 is 6.03 Å². The maximum Gasteiger partial charge on any atom is 0.325 e. The van der Waals surface area contributed by atoms with Gasteiger partial charge in [0.2, 0.25) is 0 Å². The molecule has 0 aliphatic carbocycles. The molecule has 5 nitrogen and oxygen atoms in total. The van der Waals surface area contributed by atoms with Crippen LogP contribution in [0.4, 0.5) is 10.5 Å². The Morgan fingerprint density at radius 1 is 0.960 bits per heavy atom. The van der Waals surface area contributed by atoms with Crippen molar-refractivity contribution >= 4 is 21.6 Å². The first-order valence-electron chi connectivity index (χ1n) is 8.35. The molecule has 0 unspecified atom stereocenters. The quantitative estimate of drug-likeness (QED) is 0.795. The summed E-state index contributed by atoms with van der Waals surface area (Å²) in [5.74, 6) is 0.0707. The highest BCUT2D eigenvalue weighted by Crippen LogP contribution is 2.35. The third-order valence-electron chi connectivity index (χ3n) is 4.99. The summed E-state index contributed by atoms with van der Waals surface area (Å²) in [6, 6.07) is 16.6. The predicted molar refractivity (Wildman–Crippen MR) is 97.3 cm³/mol. The third kappa shape index (κ3) is 2.91. The molecular formula is C19H20N2O3S. The van der Waals surface area contributed by atoms with Crippen molar-refractivity contribution in [2.45, 2.75) is 25.6 Å². The molecule has 2 amide bonds. The molecule has 2 saturated heterocycles. The number of benzene rings is 2. The van der Waals surface area contributed by atoms with Crippen LogP contribution in [0.25, 0.3) is 0 Å². The molecule has 4 rings (SSSR count). The molecular weight excluding hydrogens is 336 g/mol. The van der Waals surface area contributed by atoms with Crippen LogP contribution in [-0.4, -0.2) is 42.9 Å². The second kappa shape index (κ2) is 5.88. The zero-order valence-electron chi connectivity index (χ0n) is 14.0. The van der Waals surface area contributed by atoms with Crippen LogP contribution in [0.3, 0.4) is 0 Å². The largest absolute Gasteiger partial charge is 0.325 e. The van der Waals surface area contributed by atoms with Gasteiger partial charge in [0.15, 0.2) is 9.84 Å². The molecule has 2 aromatic carbocycles. The van der Waals surface area contributed by atoms with E-state index in [1.807, 2.05) is 61.5 Å². The van der Waals surface area contributed by atoms with Crippen molar-refractivity contribution in [1.82, 2.24) is 4.90 Å².